The summed E-state index contributed by atoms with van der Waals surface area (Å²) in [4.78, 5) is 24.6. The normalized spacial score (nSPS) is 13.1. The Kier molecular flexibility index (Phi) is 6.06. The quantitative estimate of drug-likeness (QED) is 0.704. The predicted molar refractivity (Wildman–Crippen MR) is 86.8 cm³/mol. The van der Waals surface area contributed by atoms with Gasteiger partial charge in [0.15, 0.2) is 12.2 Å². The number of nitrogens with zero attached hydrogens (tertiary/aromatic N) is 1. The van der Waals surface area contributed by atoms with Gasteiger partial charge < -0.3 is 20.2 Å². The summed E-state index contributed by atoms with van der Waals surface area (Å²) < 4.78 is 0. The van der Waals surface area contributed by atoms with Gasteiger partial charge in [0, 0.05) is 13.1 Å². The topological polar surface area (TPSA) is 98.1 Å². The number of aliphatic carboxylic acids is 1. The Morgan fingerprint density at radius 1 is 0.792 bits per heavy atom. The van der Waals surface area contributed by atoms with E-state index in [-0.39, 0.29) is 13.1 Å². The molecule has 2 aromatic carbocycles. The van der Waals surface area contributed by atoms with E-state index in [1.165, 1.54) is 4.90 Å². The largest absolute Gasteiger partial charge is 0.479 e. The second kappa shape index (κ2) is 8.24. The third kappa shape index (κ3) is 4.65. The van der Waals surface area contributed by atoms with Crippen LogP contribution in [-0.2, 0) is 22.7 Å². The first kappa shape index (κ1) is 17.7. The molecule has 6 heteroatoms. The van der Waals surface area contributed by atoms with Crippen molar-refractivity contribution < 1.29 is 24.9 Å². The number of aliphatic hydroxyl groups excluding tert-OH is 2. The molecule has 3 N–H and O–H groups in total. The Labute approximate surface area is 139 Å². The van der Waals surface area contributed by atoms with Gasteiger partial charge in [-0.05, 0) is 11.1 Å². The van der Waals surface area contributed by atoms with Crippen molar-refractivity contribution in [3.8, 4) is 0 Å². The van der Waals surface area contributed by atoms with Gasteiger partial charge in [0.1, 0.15) is 0 Å². The molecule has 24 heavy (non-hydrogen) atoms. The number of amides is 1. The van der Waals surface area contributed by atoms with E-state index < -0.39 is 24.1 Å². The van der Waals surface area contributed by atoms with Crippen LogP contribution >= 0.6 is 0 Å². The lowest BCUT2D eigenvalue weighted by atomic mass is 10.1. The van der Waals surface area contributed by atoms with Crippen LogP contribution in [0.2, 0.25) is 0 Å². The predicted octanol–water partition coefficient (Wildman–Crippen LogP) is 1.02. The van der Waals surface area contributed by atoms with Gasteiger partial charge in [-0.2, -0.15) is 0 Å². The highest BCUT2D eigenvalue weighted by Gasteiger charge is 2.33. The molecule has 0 saturated heterocycles. The zero-order chi connectivity index (χ0) is 17.5. The average Bonchev–Trinajstić information content (AvgIpc) is 2.61. The Hall–Kier alpha value is -2.70. The van der Waals surface area contributed by atoms with E-state index in [1.54, 1.807) is 0 Å². The number of rotatable bonds is 7. The van der Waals surface area contributed by atoms with Crippen LogP contribution in [0.3, 0.4) is 0 Å². The standard InChI is InChI=1S/C18H19NO5/c20-15(16(21)18(23)24)17(22)19(11-13-7-3-1-4-8-13)12-14-9-5-2-6-10-14/h1-10,15-16,20-21H,11-12H2,(H,23,24)/t15-,16-/m1/s1. The molecular formula is C18H19NO5. The van der Waals surface area contributed by atoms with Crippen LogP contribution in [0.4, 0.5) is 0 Å². The molecule has 0 unspecified atom stereocenters. The molecule has 0 bridgehead atoms. The minimum absolute atomic E-state index is 0.192. The Morgan fingerprint density at radius 3 is 1.58 bits per heavy atom. The van der Waals surface area contributed by atoms with Crippen LogP contribution in [0, 0.1) is 0 Å². The summed E-state index contributed by atoms with van der Waals surface area (Å²) in [5.74, 6) is -2.48. The lowest BCUT2D eigenvalue weighted by molar-refractivity contribution is -0.162. The average molecular weight is 329 g/mol. The first-order valence-corrected chi connectivity index (χ1v) is 7.44. The number of carbonyl (C=O) groups is 2. The van der Waals surface area contributed by atoms with Gasteiger partial charge in [0.05, 0.1) is 0 Å². The molecule has 2 rings (SSSR count). The number of benzene rings is 2. The Bertz CT molecular complexity index is 633. The zero-order valence-electron chi connectivity index (χ0n) is 12.9. The molecule has 2 aromatic rings. The van der Waals surface area contributed by atoms with Crippen LogP contribution in [0.25, 0.3) is 0 Å². The molecule has 1 amide bonds. The lowest BCUT2D eigenvalue weighted by Gasteiger charge is -2.26. The number of carboxylic acids is 1. The van der Waals surface area contributed by atoms with E-state index >= 15 is 0 Å². The van der Waals surface area contributed by atoms with Crippen LogP contribution < -0.4 is 0 Å². The summed E-state index contributed by atoms with van der Waals surface area (Å²) in [6, 6.07) is 18.3. The number of carboxylic acid groups (broad SMARTS) is 1. The highest BCUT2D eigenvalue weighted by molar-refractivity contribution is 5.87. The molecule has 6 nitrogen and oxygen atoms in total. The Morgan fingerprint density at radius 2 is 1.21 bits per heavy atom. The monoisotopic (exact) mass is 329 g/mol. The second-order valence-corrected chi connectivity index (χ2v) is 5.39. The summed E-state index contributed by atoms with van der Waals surface area (Å²) in [5, 5.41) is 28.1. The molecule has 0 spiro atoms. The maximum absolute atomic E-state index is 12.5. The summed E-state index contributed by atoms with van der Waals surface area (Å²) >= 11 is 0. The van der Waals surface area contributed by atoms with Gasteiger partial charge >= 0.3 is 5.97 Å². The minimum Gasteiger partial charge on any atom is -0.479 e. The van der Waals surface area contributed by atoms with Gasteiger partial charge in [-0.1, -0.05) is 60.7 Å². The third-order valence-electron chi connectivity index (χ3n) is 3.55. The highest BCUT2D eigenvalue weighted by atomic mass is 16.4. The van der Waals surface area contributed by atoms with Crippen molar-refractivity contribution in [3.05, 3.63) is 71.8 Å². The lowest BCUT2D eigenvalue weighted by Crippen LogP contribution is -2.47. The van der Waals surface area contributed by atoms with Crippen LogP contribution in [0.5, 0.6) is 0 Å². The van der Waals surface area contributed by atoms with Gasteiger partial charge in [0.25, 0.3) is 5.91 Å². The Balaban J connectivity index is 2.21. The van der Waals surface area contributed by atoms with E-state index in [0.717, 1.165) is 11.1 Å². The van der Waals surface area contributed by atoms with Crippen LogP contribution in [0.15, 0.2) is 60.7 Å². The molecule has 0 aliphatic carbocycles. The molecule has 0 heterocycles. The van der Waals surface area contributed by atoms with Crippen LogP contribution in [0.1, 0.15) is 11.1 Å². The maximum Gasteiger partial charge on any atom is 0.335 e. The van der Waals surface area contributed by atoms with Crippen molar-refractivity contribution in [2.45, 2.75) is 25.3 Å². The van der Waals surface area contributed by atoms with Gasteiger partial charge in [-0.15, -0.1) is 0 Å². The first-order valence-electron chi connectivity index (χ1n) is 7.44. The molecule has 0 fully saturated rings. The fourth-order valence-corrected chi connectivity index (χ4v) is 2.28. The zero-order valence-corrected chi connectivity index (χ0v) is 12.9. The summed E-state index contributed by atoms with van der Waals surface area (Å²) in [5.41, 5.74) is 1.66. The van der Waals surface area contributed by atoms with Gasteiger partial charge in [0.2, 0.25) is 0 Å². The molecule has 2 atom stereocenters. The summed E-state index contributed by atoms with van der Waals surface area (Å²) in [6.07, 6.45) is -4.18. The van der Waals surface area contributed by atoms with E-state index in [4.69, 9.17) is 5.11 Å². The summed E-state index contributed by atoms with van der Waals surface area (Å²) in [6.45, 7) is 0.385. The fraction of sp³-hybridized carbons (Fsp3) is 0.222. The van der Waals surface area contributed by atoms with Crippen molar-refractivity contribution in [2.24, 2.45) is 0 Å². The van der Waals surface area contributed by atoms with E-state index in [0.29, 0.717) is 0 Å². The van der Waals surface area contributed by atoms with E-state index in [9.17, 15) is 19.8 Å². The first-order chi connectivity index (χ1) is 11.5. The van der Waals surface area contributed by atoms with E-state index in [2.05, 4.69) is 0 Å². The maximum atomic E-state index is 12.5. The molecule has 0 radical (unpaired) electrons. The number of aliphatic hydroxyl groups is 2. The van der Waals surface area contributed by atoms with Crippen molar-refractivity contribution in [1.82, 2.24) is 4.90 Å². The van der Waals surface area contributed by atoms with Crippen molar-refractivity contribution in [3.63, 3.8) is 0 Å². The third-order valence-corrected chi connectivity index (χ3v) is 3.55. The molecule has 126 valence electrons. The summed E-state index contributed by atoms with van der Waals surface area (Å²) in [7, 11) is 0. The van der Waals surface area contributed by atoms with Crippen LogP contribution in [-0.4, -0.2) is 44.3 Å². The number of carbonyl (C=O) groups excluding carboxylic acids is 1. The molecule has 0 aliphatic rings. The second-order valence-electron chi connectivity index (χ2n) is 5.39. The highest BCUT2D eigenvalue weighted by Crippen LogP contribution is 2.13. The van der Waals surface area contributed by atoms with Gasteiger partial charge in [-0.25, -0.2) is 4.79 Å². The molecule has 0 aliphatic heterocycles. The van der Waals surface area contributed by atoms with Gasteiger partial charge in [-0.3, -0.25) is 4.79 Å². The fourth-order valence-electron chi connectivity index (χ4n) is 2.28. The molecule has 0 aromatic heterocycles. The van der Waals surface area contributed by atoms with Crippen molar-refractivity contribution in [2.75, 3.05) is 0 Å². The molecule has 0 saturated carbocycles. The number of hydrogen-bond donors (Lipinski definition) is 3. The molecular weight excluding hydrogens is 310 g/mol. The minimum atomic E-state index is -2.16. The van der Waals surface area contributed by atoms with Crippen molar-refractivity contribution in [1.29, 1.82) is 0 Å². The smallest absolute Gasteiger partial charge is 0.335 e. The SMILES string of the molecule is O=C(O)[C@H](O)[C@@H](O)C(=O)N(Cc1ccccc1)Cc1ccccc1. The van der Waals surface area contributed by atoms with Crippen molar-refractivity contribution >= 4 is 11.9 Å². The van der Waals surface area contributed by atoms with E-state index in [1.807, 2.05) is 60.7 Å². The number of hydrogen-bond acceptors (Lipinski definition) is 4.